The second-order valence-corrected chi connectivity index (χ2v) is 7.65. The lowest BCUT2D eigenvalue weighted by Gasteiger charge is -2.29. The summed E-state index contributed by atoms with van der Waals surface area (Å²) in [5, 5.41) is 5.29. The number of amides is 1. The van der Waals surface area contributed by atoms with Crippen LogP contribution in [0.2, 0.25) is 0 Å². The molecule has 1 heterocycles. The van der Waals surface area contributed by atoms with Gasteiger partial charge in [-0.1, -0.05) is 52.2 Å². The fourth-order valence-electron chi connectivity index (χ4n) is 3.85. The molecule has 0 aliphatic carbocycles. The highest BCUT2D eigenvalue weighted by Gasteiger charge is 2.30. The van der Waals surface area contributed by atoms with Crippen molar-refractivity contribution in [3.8, 4) is 23.8 Å². The number of hydrogen-bond acceptors (Lipinski definition) is 3. The second-order valence-electron chi connectivity index (χ2n) is 6.80. The minimum absolute atomic E-state index is 0.00435. The normalized spacial score (nSPS) is 15.3. The number of halogens is 1. The van der Waals surface area contributed by atoms with Crippen molar-refractivity contribution in [2.24, 2.45) is 0 Å². The lowest BCUT2D eigenvalue weighted by molar-refractivity contribution is -0.116. The van der Waals surface area contributed by atoms with E-state index in [2.05, 4.69) is 39.3 Å². The summed E-state index contributed by atoms with van der Waals surface area (Å²) in [7, 11) is 0. The van der Waals surface area contributed by atoms with E-state index in [9.17, 15) is 4.79 Å². The van der Waals surface area contributed by atoms with Gasteiger partial charge in [-0.15, -0.1) is 6.42 Å². The standard InChI is InChI=1S/C24H20BrNO3/c1-3-11-29-22-14-19(25)17(12-21(22)28-4-2)18-13-23(27)26-20-10-9-15-7-5-6-8-16(15)24(18)20/h1,5-10,12,14,18H,4,11,13H2,2H3,(H,26,27). The molecule has 1 amide bonds. The summed E-state index contributed by atoms with van der Waals surface area (Å²) >= 11 is 3.68. The fraction of sp³-hybridized carbons (Fsp3) is 0.208. The third-order valence-corrected chi connectivity index (χ3v) is 5.72. The van der Waals surface area contributed by atoms with Gasteiger partial charge in [0.2, 0.25) is 5.91 Å². The van der Waals surface area contributed by atoms with Crippen molar-refractivity contribution in [2.75, 3.05) is 18.5 Å². The van der Waals surface area contributed by atoms with Gasteiger partial charge in [0, 0.05) is 22.5 Å². The molecule has 0 saturated carbocycles. The van der Waals surface area contributed by atoms with E-state index in [1.165, 1.54) is 0 Å². The van der Waals surface area contributed by atoms with E-state index in [0.717, 1.165) is 32.1 Å². The van der Waals surface area contributed by atoms with Gasteiger partial charge in [0.05, 0.1) is 6.61 Å². The molecule has 0 spiro atoms. The van der Waals surface area contributed by atoms with E-state index < -0.39 is 0 Å². The van der Waals surface area contributed by atoms with E-state index in [4.69, 9.17) is 15.9 Å². The van der Waals surface area contributed by atoms with Gasteiger partial charge in [0.25, 0.3) is 0 Å². The maximum atomic E-state index is 12.5. The molecule has 0 fully saturated rings. The average Bonchev–Trinajstić information content (AvgIpc) is 2.73. The average molecular weight is 450 g/mol. The third-order valence-electron chi connectivity index (χ3n) is 5.03. The summed E-state index contributed by atoms with van der Waals surface area (Å²) in [6.07, 6.45) is 5.69. The maximum Gasteiger partial charge on any atom is 0.225 e. The maximum absolute atomic E-state index is 12.5. The molecule has 3 aromatic rings. The van der Waals surface area contributed by atoms with Gasteiger partial charge in [-0.2, -0.15) is 0 Å². The van der Waals surface area contributed by atoms with Crippen LogP contribution in [0.1, 0.15) is 30.4 Å². The summed E-state index contributed by atoms with van der Waals surface area (Å²) < 4.78 is 12.3. The predicted octanol–water partition coefficient (Wildman–Crippen LogP) is 5.49. The SMILES string of the molecule is C#CCOc1cc(Br)c(C2CC(=O)Nc3ccc4ccccc4c32)cc1OCC. The van der Waals surface area contributed by atoms with Crippen molar-refractivity contribution in [3.63, 3.8) is 0 Å². The van der Waals surface area contributed by atoms with Crippen LogP contribution >= 0.6 is 15.9 Å². The lowest BCUT2D eigenvalue weighted by Crippen LogP contribution is -2.24. The molecule has 3 aromatic carbocycles. The topological polar surface area (TPSA) is 47.6 Å². The van der Waals surface area contributed by atoms with Gasteiger partial charge in [0.1, 0.15) is 6.61 Å². The summed E-state index contributed by atoms with van der Waals surface area (Å²) in [5.74, 6) is 3.56. The van der Waals surface area contributed by atoms with Crippen molar-refractivity contribution in [3.05, 3.63) is 64.1 Å². The van der Waals surface area contributed by atoms with Gasteiger partial charge < -0.3 is 14.8 Å². The Bertz CT molecular complexity index is 1130. The first-order valence-electron chi connectivity index (χ1n) is 9.46. The Morgan fingerprint density at radius 3 is 2.76 bits per heavy atom. The number of nitrogens with one attached hydrogen (secondary N) is 1. The molecule has 29 heavy (non-hydrogen) atoms. The number of anilines is 1. The van der Waals surface area contributed by atoms with Crippen LogP contribution < -0.4 is 14.8 Å². The molecule has 0 saturated heterocycles. The highest BCUT2D eigenvalue weighted by molar-refractivity contribution is 9.10. The molecular weight excluding hydrogens is 430 g/mol. The highest BCUT2D eigenvalue weighted by Crippen LogP contribution is 2.46. The smallest absolute Gasteiger partial charge is 0.225 e. The van der Waals surface area contributed by atoms with Crippen molar-refractivity contribution in [1.29, 1.82) is 0 Å². The molecule has 1 aliphatic heterocycles. The molecule has 0 aromatic heterocycles. The summed E-state index contributed by atoms with van der Waals surface area (Å²) in [5.41, 5.74) is 2.94. The number of terminal acetylenes is 1. The molecule has 5 heteroatoms. The number of fused-ring (bicyclic) bond motifs is 3. The Labute approximate surface area is 178 Å². The quantitative estimate of drug-likeness (QED) is 0.524. The zero-order valence-corrected chi connectivity index (χ0v) is 17.6. The Kier molecular flexibility index (Phi) is 5.46. The Morgan fingerprint density at radius 2 is 1.97 bits per heavy atom. The zero-order chi connectivity index (χ0) is 20.4. The van der Waals surface area contributed by atoms with E-state index in [1.54, 1.807) is 0 Å². The van der Waals surface area contributed by atoms with Crippen molar-refractivity contribution in [1.82, 2.24) is 0 Å². The highest BCUT2D eigenvalue weighted by atomic mass is 79.9. The largest absolute Gasteiger partial charge is 0.490 e. The van der Waals surface area contributed by atoms with E-state index in [-0.39, 0.29) is 18.4 Å². The van der Waals surface area contributed by atoms with Gasteiger partial charge >= 0.3 is 0 Å². The third kappa shape index (κ3) is 3.68. The van der Waals surface area contributed by atoms with Crippen LogP contribution in [0.15, 0.2) is 53.0 Å². The lowest BCUT2D eigenvalue weighted by atomic mass is 9.82. The van der Waals surface area contributed by atoms with Crippen LogP contribution in [0.3, 0.4) is 0 Å². The number of carbonyl (C=O) groups is 1. The number of rotatable bonds is 5. The Morgan fingerprint density at radius 1 is 1.17 bits per heavy atom. The first-order chi connectivity index (χ1) is 14.1. The molecule has 4 rings (SSSR count). The Hall–Kier alpha value is -2.97. The number of benzene rings is 3. The summed E-state index contributed by atoms with van der Waals surface area (Å²) in [6, 6.07) is 16.1. The van der Waals surface area contributed by atoms with Crippen LogP contribution in [0.25, 0.3) is 10.8 Å². The molecule has 1 aliphatic rings. The molecule has 0 radical (unpaired) electrons. The minimum atomic E-state index is -0.111. The summed E-state index contributed by atoms with van der Waals surface area (Å²) in [4.78, 5) is 12.5. The fourth-order valence-corrected chi connectivity index (χ4v) is 4.45. The van der Waals surface area contributed by atoms with E-state index in [0.29, 0.717) is 24.5 Å². The first-order valence-corrected chi connectivity index (χ1v) is 10.3. The van der Waals surface area contributed by atoms with Crippen molar-refractivity contribution >= 4 is 38.3 Å². The second kappa shape index (κ2) is 8.18. The molecule has 4 nitrogen and oxygen atoms in total. The molecule has 1 unspecified atom stereocenters. The van der Waals surface area contributed by atoms with Crippen molar-refractivity contribution in [2.45, 2.75) is 19.3 Å². The molecular formula is C24H20BrNO3. The molecule has 1 atom stereocenters. The molecule has 0 bridgehead atoms. The van der Waals surface area contributed by atoms with Gasteiger partial charge in [-0.3, -0.25) is 4.79 Å². The van der Waals surface area contributed by atoms with Gasteiger partial charge in [-0.05, 0) is 47.0 Å². The van der Waals surface area contributed by atoms with Crippen molar-refractivity contribution < 1.29 is 14.3 Å². The minimum Gasteiger partial charge on any atom is -0.490 e. The molecule has 1 N–H and O–H groups in total. The monoisotopic (exact) mass is 449 g/mol. The zero-order valence-electron chi connectivity index (χ0n) is 16.0. The first kappa shape index (κ1) is 19.4. The number of hydrogen-bond donors (Lipinski definition) is 1. The van der Waals surface area contributed by atoms with Gasteiger partial charge in [-0.25, -0.2) is 0 Å². The van der Waals surface area contributed by atoms with Crippen LogP contribution in [0.4, 0.5) is 5.69 Å². The summed E-state index contributed by atoms with van der Waals surface area (Å²) in [6.45, 7) is 2.58. The predicted molar refractivity (Wildman–Crippen MR) is 119 cm³/mol. The van der Waals surface area contributed by atoms with Crippen LogP contribution in [-0.2, 0) is 4.79 Å². The van der Waals surface area contributed by atoms with Crippen LogP contribution in [0.5, 0.6) is 11.5 Å². The Balaban J connectivity index is 1.89. The van der Waals surface area contributed by atoms with E-state index >= 15 is 0 Å². The van der Waals surface area contributed by atoms with Crippen LogP contribution in [-0.4, -0.2) is 19.1 Å². The van der Waals surface area contributed by atoms with E-state index in [1.807, 2.05) is 43.3 Å². The molecule has 146 valence electrons. The number of ether oxygens (including phenoxy) is 2. The van der Waals surface area contributed by atoms with Crippen LogP contribution in [0, 0.1) is 12.3 Å². The van der Waals surface area contributed by atoms with Gasteiger partial charge in [0.15, 0.2) is 11.5 Å². The number of carbonyl (C=O) groups excluding carboxylic acids is 1.